The van der Waals surface area contributed by atoms with Crippen molar-refractivity contribution in [1.29, 1.82) is 0 Å². The van der Waals surface area contributed by atoms with Crippen LogP contribution in [0.5, 0.6) is 0 Å². The molecular weight excluding hydrogens is 400 g/mol. The smallest absolute Gasteiger partial charge is 0.349 e. The summed E-state index contributed by atoms with van der Waals surface area (Å²) in [6, 6.07) is 3.75. The van der Waals surface area contributed by atoms with E-state index in [-0.39, 0.29) is 17.4 Å². The first-order valence-corrected chi connectivity index (χ1v) is 10.5. The summed E-state index contributed by atoms with van der Waals surface area (Å²) < 4.78 is 12.8. The van der Waals surface area contributed by atoms with E-state index in [2.05, 4.69) is 20.1 Å². The van der Waals surface area contributed by atoms with E-state index in [0.29, 0.717) is 56.5 Å². The molecule has 0 aromatic carbocycles. The van der Waals surface area contributed by atoms with Gasteiger partial charge >= 0.3 is 5.63 Å². The van der Waals surface area contributed by atoms with E-state index < -0.39 is 5.63 Å². The Bertz CT molecular complexity index is 1160. The number of carbonyl (C=O) groups excluding carboxylic acids is 1. The van der Waals surface area contributed by atoms with Crippen LogP contribution in [-0.2, 0) is 4.74 Å². The van der Waals surface area contributed by atoms with Crippen LogP contribution in [0, 0.1) is 6.92 Å². The lowest BCUT2D eigenvalue weighted by atomic mass is 9.95. The third-order valence-electron chi connectivity index (χ3n) is 6.09. The molecule has 0 saturated carbocycles. The standard InChI is InChI=1S/C21H24N6O4/c1-14-12-16(15-3-10-30-11-4-15)31-20(29)18(14)19(28)26-8-6-25(7-9-26)17-2-5-22-21-24-23-13-27(17)21/h2,5,12-13,15H,3-4,6-11H2,1H3. The number of aromatic nitrogens is 4. The van der Waals surface area contributed by atoms with Crippen LogP contribution in [0.25, 0.3) is 5.78 Å². The van der Waals surface area contributed by atoms with Crippen LogP contribution >= 0.6 is 0 Å². The minimum absolute atomic E-state index is 0.134. The fraction of sp³-hybridized carbons (Fsp3) is 0.476. The summed E-state index contributed by atoms with van der Waals surface area (Å²) in [7, 11) is 0. The fourth-order valence-corrected chi connectivity index (χ4v) is 4.36. The average Bonchev–Trinajstić information content (AvgIpc) is 3.28. The van der Waals surface area contributed by atoms with Crippen LogP contribution in [0.1, 0.15) is 40.4 Å². The van der Waals surface area contributed by atoms with Gasteiger partial charge in [-0.2, -0.15) is 0 Å². The quantitative estimate of drug-likeness (QED) is 0.618. The molecule has 10 nitrogen and oxygen atoms in total. The molecule has 0 bridgehead atoms. The van der Waals surface area contributed by atoms with Gasteiger partial charge in [0.25, 0.3) is 11.7 Å². The maximum absolute atomic E-state index is 13.1. The second-order valence-corrected chi connectivity index (χ2v) is 7.96. The highest BCUT2D eigenvalue weighted by Gasteiger charge is 2.28. The van der Waals surface area contributed by atoms with Gasteiger partial charge in [0.05, 0.1) is 0 Å². The lowest BCUT2D eigenvalue weighted by Crippen LogP contribution is -2.50. The Labute approximate surface area is 178 Å². The van der Waals surface area contributed by atoms with E-state index in [1.165, 1.54) is 0 Å². The summed E-state index contributed by atoms with van der Waals surface area (Å²) in [5.41, 5.74) is 0.258. The van der Waals surface area contributed by atoms with Gasteiger partial charge in [-0.1, -0.05) is 0 Å². The molecule has 31 heavy (non-hydrogen) atoms. The monoisotopic (exact) mass is 424 g/mol. The highest BCUT2D eigenvalue weighted by Crippen LogP contribution is 2.27. The summed E-state index contributed by atoms with van der Waals surface area (Å²) in [5, 5.41) is 7.88. The molecule has 2 fully saturated rings. The lowest BCUT2D eigenvalue weighted by Gasteiger charge is -2.36. The van der Waals surface area contributed by atoms with Crippen LogP contribution in [0.3, 0.4) is 0 Å². The molecule has 1 amide bonds. The maximum atomic E-state index is 13.1. The Hall–Kier alpha value is -3.27. The van der Waals surface area contributed by atoms with Gasteiger partial charge in [-0.05, 0) is 37.5 Å². The Morgan fingerprint density at radius 1 is 1.16 bits per heavy atom. The molecule has 3 aromatic heterocycles. The Morgan fingerprint density at radius 2 is 1.94 bits per heavy atom. The molecule has 0 unspecified atom stereocenters. The van der Waals surface area contributed by atoms with Crippen molar-refractivity contribution in [3.05, 3.63) is 52.0 Å². The van der Waals surface area contributed by atoms with Crippen molar-refractivity contribution >= 4 is 17.5 Å². The van der Waals surface area contributed by atoms with Crippen molar-refractivity contribution in [3.63, 3.8) is 0 Å². The highest BCUT2D eigenvalue weighted by atomic mass is 16.5. The van der Waals surface area contributed by atoms with Gasteiger partial charge in [0.1, 0.15) is 23.5 Å². The minimum atomic E-state index is -0.547. The van der Waals surface area contributed by atoms with Gasteiger partial charge in [0, 0.05) is 51.5 Å². The number of anilines is 1. The average molecular weight is 424 g/mol. The van der Waals surface area contributed by atoms with E-state index in [0.717, 1.165) is 18.7 Å². The van der Waals surface area contributed by atoms with Crippen molar-refractivity contribution in [3.8, 4) is 0 Å². The first kappa shape index (κ1) is 19.7. The third kappa shape index (κ3) is 3.67. The normalized spacial score (nSPS) is 18.0. The number of rotatable bonds is 3. The van der Waals surface area contributed by atoms with Crippen LogP contribution in [0.15, 0.2) is 33.9 Å². The molecule has 0 atom stereocenters. The van der Waals surface area contributed by atoms with Crippen molar-refractivity contribution in [2.75, 3.05) is 44.3 Å². The van der Waals surface area contributed by atoms with Gasteiger partial charge in [0.15, 0.2) is 0 Å². The van der Waals surface area contributed by atoms with Crippen LogP contribution in [-0.4, -0.2) is 69.8 Å². The van der Waals surface area contributed by atoms with Gasteiger partial charge < -0.3 is 19.0 Å². The molecule has 0 aliphatic carbocycles. The van der Waals surface area contributed by atoms with E-state index in [4.69, 9.17) is 9.15 Å². The number of piperazine rings is 1. The molecule has 0 radical (unpaired) electrons. The second kappa shape index (κ2) is 8.10. The zero-order chi connectivity index (χ0) is 21.4. The molecule has 162 valence electrons. The van der Waals surface area contributed by atoms with Crippen LogP contribution in [0.2, 0.25) is 0 Å². The molecule has 3 aromatic rings. The van der Waals surface area contributed by atoms with Crippen molar-refractivity contribution in [2.24, 2.45) is 0 Å². The van der Waals surface area contributed by atoms with Crippen LogP contribution < -0.4 is 10.5 Å². The van der Waals surface area contributed by atoms with Crippen molar-refractivity contribution < 1.29 is 13.9 Å². The largest absolute Gasteiger partial charge is 0.427 e. The Kier molecular flexibility index (Phi) is 5.14. The number of nitrogens with zero attached hydrogens (tertiary/aromatic N) is 6. The number of aryl methyl sites for hydroxylation is 1. The molecule has 0 spiro atoms. The van der Waals surface area contributed by atoms with Gasteiger partial charge in [-0.3, -0.25) is 9.20 Å². The first-order chi connectivity index (χ1) is 15.1. The number of hydrogen-bond acceptors (Lipinski definition) is 8. The van der Waals surface area contributed by atoms with E-state index in [1.807, 2.05) is 23.5 Å². The summed E-state index contributed by atoms with van der Waals surface area (Å²) in [4.78, 5) is 33.9. The predicted octanol–water partition coefficient (Wildman–Crippen LogP) is 1.24. The Balaban J connectivity index is 1.31. The fourth-order valence-electron chi connectivity index (χ4n) is 4.36. The first-order valence-electron chi connectivity index (χ1n) is 10.5. The van der Waals surface area contributed by atoms with Gasteiger partial charge in [-0.25, -0.2) is 9.78 Å². The summed E-state index contributed by atoms with van der Waals surface area (Å²) in [5.74, 6) is 2.02. The molecule has 2 saturated heterocycles. The number of amides is 1. The molecule has 2 aliphatic rings. The summed E-state index contributed by atoms with van der Waals surface area (Å²) >= 11 is 0. The number of fused-ring (bicyclic) bond motifs is 1. The summed E-state index contributed by atoms with van der Waals surface area (Å²) in [6.07, 6.45) is 4.98. The summed E-state index contributed by atoms with van der Waals surface area (Å²) in [6.45, 7) is 5.41. The van der Waals surface area contributed by atoms with E-state index in [1.54, 1.807) is 17.4 Å². The zero-order valence-corrected chi connectivity index (χ0v) is 17.4. The lowest BCUT2D eigenvalue weighted by molar-refractivity contribution is 0.0732. The zero-order valence-electron chi connectivity index (χ0n) is 17.4. The van der Waals surface area contributed by atoms with E-state index in [9.17, 15) is 9.59 Å². The minimum Gasteiger partial charge on any atom is -0.427 e. The molecule has 5 rings (SSSR count). The molecular formula is C21H24N6O4. The van der Waals surface area contributed by atoms with Gasteiger partial charge in [-0.15, -0.1) is 10.2 Å². The third-order valence-corrected chi connectivity index (χ3v) is 6.09. The van der Waals surface area contributed by atoms with E-state index >= 15 is 0 Å². The number of hydrogen-bond donors (Lipinski definition) is 0. The number of carbonyl (C=O) groups is 1. The van der Waals surface area contributed by atoms with Crippen LogP contribution in [0.4, 0.5) is 5.82 Å². The van der Waals surface area contributed by atoms with Crippen molar-refractivity contribution in [2.45, 2.75) is 25.7 Å². The SMILES string of the molecule is Cc1cc(C2CCOCC2)oc(=O)c1C(=O)N1CCN(c2ccnc3nncn23)CC1. The molecule has 2 aliphatic heterocycles. The molecule has 10 heteroatoms. The second-order valence-electron chi connectivity index (χ2n) is 7.96. The topological polar surface area (TPSA) is 106 Å². The highest BCUT2D eigenvalue weighted by molar-refractivity contribution is 5.95. The van der Waals surface area contributed by atoms with Crippen molar-refractivity contribution in [1.82, 2.24) is 24.5 Å². The predicted molar refractivity (Wildman–Crippen MR) is 111 cm³/mol. The number of ether oxygens (including phenoxy) is 1. The molecule has 0 N–H and O–H groups in total. The van der Waals surface area contributed by atoms with Gasteiger partial charge in [0.2, 0.25) is 0 Å². The Morgan fingerprint density at radius 3 is 2.68 bits per heavy atom. The maximum Gasteiger partial charge on any atom is 0.349 e. The molecule has 5 heterocycles.